The summed E-state index contributed by atoms with van der Waals surface area (Å²) in [6.07, 6.45) is 2.76. The van der Waals surface area contributed by atoms with Crippen molar-refractivity contribution in [1.82, 2.24) is 15.3 Å². The minimum Gasteiger partial charge on any atom is -0.491 e. The molecule has 0 unspecified atom stereocenters. The Morgan fingerprint density at radius 3 is 1.66 bits per heavy atom. The number of hydrogen-bond acceptors (Lipinski definition) is 10. The highest BCUT2D eigenvalue weighted by molar-refractivity contribution is 6.05. The average molecular weight is 766 g/mol. The first-order valence-electron chi connectivity index (χ1n) is 17.2. The second-order valence-corrected chi connectivity index (χ2v) is 12.7. The number of rotatable bonds is 15. The topological polar surface area (TPSA) is 206 Å². The molecule has 2 heterocycles. The summed E-state index contributed by atoms with van der Waals surface area (Å²) >= 11 is 0. The molecule has 290 valence electrons. The standard InChI is InChI=1S/C24H24FN3O4.C17H16N2O5/c1-15(2)32-20-10-16(12-26-13-17-5-3-4-6-21(17)25)9-19(11-20)23(29)28-22-8-7-18(14-27-22)24(30)31;1-10(2)24-14-6-11(9-20)5-13(7-14)16(21)19-15-4-3-12(8-18-15)17(22)23/h3-11,14-15,26H,12-13H2,1-2H3,(H,30,31)(H,27,28,29);3-10H,1-2H3,(H,22,23)(H,18,19,21). The second kappa shape index (κ2) is 19.9. The molecule has 0 atom stereocenters. The van der Waals surface area contributed by atoms with Gasteiger partial charge in [-0.25, -0.2) is 23.9 Å². The van der Waals surface area contributed by atoms with E-state index in [-0.39, 0.29) is 46.4 Å². The highest BCUT2D eigenvalue weighted by Crippen LogP contribution is 2.21. The average Bonchev–Trinajstić information content (AvgIpc) is 3.15. The number of aromatic nitrogens is 2. The zero-order chi connectivity index (χ0) is 40.8. The van der Waals surface area contributed by atoms with Gasteiger partial charge in [0.1, 0.15) is 35.2 Å². The van der Waals surface area contributed by atoms with Crippen LogP contribution in [-0.2, 0) is 13.1 Å². The number of nitrogens with one attached hydrogen (secondary N) is 3. The van der Waals surface area contributed by atoms with E-state index in [0.717, 1.165) is 11.8 Å². The highest BCUT2D eigenvalue weighted by atomic mass is 19.1. The Morgan fingerprint density at radius 1 is 0.679 bits per heavy atom. The molecule has 0 fully saturated rings. The van der Waals surface area contributed by atoms with Crippen molar-refractivity contribution in [3.8, 4) is 11.5 Å². The fraction of sp³-hybridized carbons (Fsp3) is 0.195. The molecular weight excluding hydrogens is 725 g/mol. The third-order valence-electron chi connectivity index (χ3n) is 7.41. The van der Waals surface area contributed by atoms with E-state index in [1.165, 1.54) is 48.7 Å². The van der Waals surface area contributed by atoms with Gasteiger partial charge in [0.05, 0.1) is 23.3 Å². The third kappa shape index (κ3) is 12.8. The molecule has 56 heavy (non-hydrogen) atoms. The van der Waals surface area contributed by atoms with Crippen LogP contribution in [0.3, 0.4) is 0 Å². The summed E-state index contributed by atoms with van der Waals surface area (Å²) in [5.74, 6) is -2.00. The highest BCUT2D eigenvalue weighted by Gasteiger charge is 2.14. The fourth-order valence-corrected chi connectivity index (χ4v) is 4.94. The number of nitrogens with zero attached hydrogens (tertiary/aromatic N) is 2. The van der Waals surface area contributed by atoms with Crippen molar-refractivity contribution in [2.45, 2.75) is 53.0 Å². The van der Waals surface area contributed by atoms with Gasteiger partial charge in [-0.3, -0.25) is 14.4 Å². The molecule has 14 nitrogen and oxygen atoms in total. The molecule has 0 aliphatic heterocycles. The first kappa shape index (κ1) is 41.8. The zero-order valence-electron chi connectivity index (χ0n) is 30.9. The molecule has 2 aromatic heterocycles. The number of ether oxygens (including phenoxy) is 2. The number of carboxylic acids is 2. The monoisotopic (exact) mass is 765 g/mol. The molecule has 0 aliphatic rings. The molecule has 0 saturated heterocycles. The normalized spacial score (nSPS) is 10.6. The minimum atomic E-state index is -1.10. The maximum atomic E-state index is 13.8. The number of aromatic carboxylic acids is 2. The largest absolute Gasteiger partial charge is 0.491 e. The summed E-state index contributed by atoms with van der Waals surface area (Å²) in [7, 11) is 0. The minimum absolute atomic E-state index is 0.0172. The van der Waals surface area contributed by atoms with E-state index in [1.54, 1.807) is 36.4 Å². The predicted molar refractivity (Wildman–Crippen MR) is 205 cm³/mol. The Hall–Kier alpha value is -7.00. The molecule has 5 N–H and O–H groups in total. The lowest BCUT2D eigenvalue weighted by Crippen LogP contribution is -2.17. The second-order valence-electron chi connectivity index (χ2n) is 12.7. The van der Waals surface area contributed by atoms with Crippen LogP contribution in [0.4, 0.5) is 16.0 Å². The van der Waals surface area contributed by atoms with Gasteiger partial charge in [-0.15, -0.1) is 0 Å². The van der Waals surface area contributed by atoms with Gasteiger partial charge in [0.25, 0.3) is 11.8 Å². The van der Waals surface area contributed by atoms with Crippen LogP contribution in [0.15, 0.2) is 97.3 Å². The van der Waals surface area contributed by atoms with Gasteiger partial charge in [-0.2, -0.15) is 0 Å². The lowest BCUT2D eigenvalue weighted by Gasteiger charge is -2.14. The number of anilines is 2. The van der Waals surface area contributed by atoms with Gasteiger partial charge in [-0.05, 0) is 100.0 Å². The van der Waals surface area contributed by atoms with Gasteiger partial charge < -0.3 is 35.6 Å². The molecule has 0 spiro atoms. The van der Waals surface area contributed by atoms with Gasteiger partial charge >= 0.3 is 11.9 Å². The van der Waals surface area contributed by atoms with Crippen molar-refractivity contribution in [3.05, 3.63) is 142 Å². The van der Waals surface area contributed by atoms with Crippen LogP contribution in [0.5, 0.6) is 11.5 Å². The SMILES string of the molecule is CC(C)Oc1cc(C=O)cc(C(=O)Nc2ccc(C(=O)O)cn2)c1.CC(C)Oc1cc(CNCc2ccccc2F)cc(C(=O)Nc2ccc(C(=O)O)cn2)c1. The number of carbonyl (C=O) groups excluding carboxylic acids is 3. The summed E-state index contributed by atoms with van der Waals surface area (Å²) < 4.78 is 25.1. The van der Waals surface area contributed by atoms with E-state index >= 15 is 0 Å². The van der Waals surface area contributed by atoms with Gasteiger partial charge in [0.2, 0.25) is 0 Å². The summed E-state index contributed by atoms with van der Waals surface area (Å²) in [5, 5.41) is 26.2. The predicted octanol–water partition coefficient (Wildman–Crippen LogP) is 6.88. The Balaban J connectivity index is 0.000000259. The van der Waals surface area contributed by atoms with E-state index in [0.29, 0.717) is 47.6 Å². The molecule has 5 rings (SSSR count). The van der Waals surface area contributed by atoms with Crippen LogP contribution in [0, 0.1) is 5.82 Å². The number of hydrogen-bond donors (Lipinski definition) is 5. The molecule has 0 aliphatic carbocycles. The van der Waals surface area contributed by atoms with Crippen molar-refractivity contribution >= 4 is 41.7 Å². The van der Waals surface area contributed by atoms with Crippen LogP contribution in [0.1, 0.15) is 90.6 Å². The van der Waals surface area contributed by atoms with Crippen LogP contribution < -0.4 is 25.4 Å². The van der Waals surface area contributed by atoms with Crippen LogP contribution in [0.25, 0.3) is 0 Å². The summed E-state index contributed by atoms with van der Waals surface area (Å²) in [5.41, 5.74) is 2.29. The van der Waals surface area contributed by atoms with Crippen molar-refractivity contribution in [2.24, 2.45) is 0 Å². The first-order chi connectivity index (χ1) is 26.7. The lowest BCUT2D eigenvalue weighted by molar-refractivity contribution is 0.0685. The maximum absolute atomic E-state index is 13.8. The molecule has 0 radical (unpaired) electrons. The quantitative estimate of drug-likeness (QED) is 0.0692. The van der Waals surface area contributed by atoms with E-state index in [4.69, 9.17) is 19.7 Å². The number of benzene rings is 3. The van der Waals surface area contributed by atoms with E-state index in [1.807, 2.05) is 33.8 Å². The Labute approximate surface area is 321 Å². The smallest absolute Gasteiger partial charge is 0.337 e. The van der Waals surface area contributed by atoms with Crippen LogP contribution in [-0.4, -0.2) is 62.4 Å². The van der Waals surface area contributed by atoms with Gasteiger partial charge in [0.15, 0.2) is 0 Å². The number of carboxylic acid groups (broad SMARTS) is 2. The van der Waals surface area contributed by atoms with Crippen molar-refractivity contribution < 1.29 is 48.0 Å². The Morgan fingerprint density at radius 2 is 1.20 bits per heavy atom. The van der Waals surface area contributed by atoms with E-state index in [9.17, 15) is 28.4 Å². The molecule has 15 heteroatoms. The number of carbonyl (C=O) groups is 5. The number of halogens is 1. The molecule has 0 bridgehead atoms. The van der Waals surface area contributed by atoms with Crippen molar-refractivity contribution in [1.29, 1.82) is 0 Å². The van der Waals surface area contributed by atoms with E-state index in [2.05, 4.69) is 25.9 Å². The fourth-order valence-electron chi connectivity index (χ4n) is 4.94. The first-order valence-corrected chi connectivity index (χ1v) is 17.2. The third-order valence-corrected chi connectivity index (χ3v) is 7.41. The lowest BCUT2D eigenvalue weighted by atomic mass is 10.1. The van der Waals surface area contributed by atoms with Crippen molar-refractivity contribution in [2.75, 3.05) is 10.6 Å². The number of aldehydes is 1. The van der Waals surface area contributed by atoms with Crippen LogP contribution in [0.2, 0.25) is 0 Å². The molecule has 3 aromatic carbocycles. The molecule has 2 amide bonds. The maximum Gasteiger partial charge on any atom is 0.337 e. The number of amides is 2. The Kier molecular flexibility index (Phi) is 14.8. The van der Waals surface area contributed by atoms with Gasteiger partial charge in [-0.1, -0.05) is 18.2 Å². The number of pyridine rings is 2. The summed E-state index contributed by atoms with van der Waals surface area (Å²) in [6.45, 7) is 8.18. The van der Waals surface area contributed by atoms with Gasteiger partial charge in [0, 0.05) is 47.7 Å². The Bertz CT molecular complexity index is 2180. The molecular formula is C41H40FN5O9. The summed E-state index contributed by atoms with van der Waals surface area (Å²) in [4.78, 5) is 65.6. The van der Waals surface area contributed by atoms with Crippen LogP contribution >= 0.6 is 0 Å². The molecule has 0 saturated carbocycles. The summed E-state index contributed by atoms with van der Waals surface area (Å²) in [6, 6.07) is 21.7. The molecule has 5 aromatic rings. The van der Waals surface area contributed by atoms with Crippen molar-refractivity contribution in [3.63, 3.8) is 0 Å². The van der Waals surface area contributed by atoms with E-state index < -0.39 is 23.8 Å². The zero-order valence-corrected chi connectivity index (χ0v) is 30.9.